The number of aryl methyl sites for hydroxylation is 1. The SMILES string of the molecule is CC(=O)c1csc(NC(=O)Cc2ccccc2C)n1. The van der Waals surface area contributed by atoms with Crippen molar-refractivity contribution >= 4 is 28.2 Å². The number of thiazole rings is 1. The van der Waals surface area contributed by atoms with E-state index in [-0.39, 0.29) is 11.7 Å². The highest BCUT2D eigenvalue weighted by molar-refractivity contribution is 7.14. The maximum absolute atomic E-state index is 11.9. The van der Waals surface area contributed by atoms with E-state index >= 15 is 0 Å². The van der Waals surface area contributed by atoms with Crippen LogP contribution in [0.3, 0.4) is 0 Å². The first kappa shape index (κ1) is 13.4. The molecule has 1 heterocycles. The van der Waals surface area contributed by atoms with Gasteiger partial charge in [-0.2, -0.15) is 0 Å². The van der Waals surface area contributed by atoms with E-state index in [0.29, 0.717) is 17.2 Å². The van der Waals surface area contributed by atoms with E-state index in [2.05, 4.69) is 10.3 Å². The summed E-state index contributed by atoms with van der Waals surface area (Å²) in [5, 5.41) is 4.82. The zero-order valence-corrected chi connectivity index (χ0v) is 11.6. The summed E-state index contributed by atoms with van der Waals surface area (Å²) in [6.45, 7) is 3.42. The third-order valence-corrected chi connectivity index (χ3v) is 3.48. The minimum atomic E-state index is -0.126. The first-order chi connectivity index (χ1) is 9.06. The second-order valence-corrected chi connectivity index (χ2v) is 5.10. The van der Waals surface area contributed by atoms with Crippen LogP contribution in [0.1, 0.15) is 28.5 Å². The normalized spacial score (nSPS) is 10.2. The van der Waals surface area contributed by atoms with Gasteiger partial charge >= 0.3 is 0 Å². The van der Waals surface area contributed by atoms with Crippen molar-refractivity contribution in [2.45, 2.75) is 20.3 Å². The molecular formula is C14H14N2O2S. The number of nitrogens with zero attached hydrogens (tertiary/aromatic N) is 1. The minimum Gasteiger partial charge on any atom is -0.302 e. The smallest absolute Gasteiger partial charge is 0.230 e. The minimum absolute atomic E-state index is 0.101. The number of anilines is 1. The Hall–Kier alpha value is -2.01. The summed E-state index contributed by atoms with van der Waals surface area (Å²) in [7, 11) is 0. The molecule has 0 saturated carbocycles. The Morgan fingerprint density at radius 2 is 2.05 bits per heavy atom. The quantitative estimate of drug-likeness (QED) is 0.872. The van der Waals surface area contributed by atoms with Gasteiger partial charge in [0.1, 0.15) is 5.69 Å². The summed E-state index contributed by atoms with van der Waals surface area (Å²) >= 11 is 1.26. The van der Waals surface area contributed by atoms with Crippen LogP contribution in [0.2, 0.25) is 0 Å². The average molecular weight is 274 g/mol. The highest BCUT2D eigenvalue weighted by Gasteiger charge is 2.10. The lowest BCUT2D eigenvalue weighted by Crippen LogP contribution is -2.15. The lowest BCUT2D eigenvalue weighted by atomic mass is 10.1. The van der Waals surface area contributed by atoms with Crippen LogP contribution in [-0.2, 0) is 11.2 Å². The number of amides is 1. The Labute approximate surface area is 115 Å². The number of benzene rings is 1. The molecule has 2 aromatic rings. The molecule has 1 aromatic carbocycles. The molecule has 1 aromatic heterocycles. The molecule has 0 radical (unpaired) electrons. The van der Waals surface area contributed by atoms with Crippen LogP contribution < -0.4 is 5.32 Å². The topological polar surface area (TPSA) is 59.1 Å². The summed E-state index contributed by atoms with van der Waals surface area (Å²) in [5.41, 5.74) is 2.46. The van der Waals surface area contributed by atoms with E-state index in [9.17, 15) is 9.59 Å². The maximum atomic E-state index is 11.9. The molecule has 0 spiro atoms. The van der Waals surface area contributed by atoms with Gasteiger partial charge in [0.05, 0.1) is 6.42 Å². The van der Waals surface area contributed by atoms with Gasteiger partial charge in [-0.25, -0.2) is 4.98 Å². The van der Waals surface area contributed by atoms with Crippen molar-refractivity contribution < 1.29 is 9.59 Å². The van der Waals surface area contributed by atoms with Crippen LogP contribution in [0.4, 0.5) is 5.13 Å². The van der Waals surface area contributed by atoms with Gasteiger partial charge in [-0.15, -0.1) is 11.3 Å². The van der Waals surface area contributed by atoms with Crippen LogP contribution in [0.5, 0.6) is 0 Å². The Bertz CT molecular complexity index is 619. The number of carbonyl (C=O) groups excluding carboxylic acids is 2. The number of nitrogens with one attached hydrogen (secondary N) is 1. The molecule has 0 aliphatic carbocycles. The van der Waals surface area contributed by atoms with Gasteiger partial charge in [0.25, 0.3) is 0 Å². The monoisotopic (exact) mass is 274 g/mol. The molecule has 0 atom stereocenters. The third kappa shape index (κ3) is 3.48. The molecular weight excluding hydrogens is 260 g/mol. The fraction of sp³-hybridized carbons (Fsp3) is 0.214. The van der Waals surface area contributed by atoms with Crippen LogP contribution in [0.25, 0.3) is 0 Å². The fourth-order valence-corrected chi connectivity index (χ4v) is 2.40. The molecule has 1 amide bonds. The second kappa shape index (κ2) is 5.75. The van der Waals surface area contributed by atoms with Gasteiger partial charge in [-0.05, 0) is 18.1 Å². The number of Topliss-reactive ketones (excluding diaryl/α,β-unsaturated/α-hetero) is 1. The predicted molar refractivity (Wildman–Crippen MR) is 75.6 cm³/mol. The number of aromatic nitrogens is 1. The van der Waals surface area contributed by atoms with Gasteiger partial charge in [-0.1, -0.05) is 24.3 Å². The molecule has 0 bridgehead atoms. The highest BCUT2D eigenvalue weighted by atomic mass is 32.1. The molecule has 0 aliphatic rings. The van der Waals surface area contributed by atoms with E-state index in [1.165, 1.54) is 18.3 Å². The largest absolute Gasteiger partial charge is 0.302 e. The summed E-state index contributed by atoms with van der Waals surface area (Å²) in [5.74, 6) is -0.227. The molecule has 5 heteroatoms. The molecule has 0 saturated heterocycles. The van der Waals surface area contributed by atoms with E-state index in [0.717, 1.165) is 11.1 Å². The number of carbonyl (C=O) groups is 2. The summed E-state index contributed by atoms with van der Waals surface area (Å²) in [4.78, 5) is 27.0. The zero-order chi connectivity index (χ0) is 13.8. The first-order valence-corrected chi connectivity index (χ1v) is 6.75. The standard InChI is InChI=1S/C14H14N2O2S/c1-9-5-3-4-6-11(9)7-13(18)16-14-15-12(8-19-14)10(2)17/h3-6,8H,7H2,1-2H3,(H,15,16,18). The van der Waals surface area contributed by atoms with Crippen molar-refractivity contribution in [2.75, 3.05) is 5.32 Å². The third-order valence-electron chi connectivity index (χ3n) is 2.72. The molecule has 4 nitrogen and oxygen atoms in total. The number of ketones is 1. The zero-order valence-electron chi connectivity index (χ0n) is 10.8. The molecule has 0 unspecified atom stereocenters. The fourth-order valence-electron chi connectivity index (χ4n) is 1.64. The van der Waals surface area contributed by atoms with Gasteiger partial charge in [0.2, 0.25) is 5.91 Å². The van der Waals surface area contributed by atoms with Crippen molar-refractivity contribution in [3.05, 3.63) is 46.5 Å². The molecule has 19 heavy (non-hydrogen) atoms. The molecule has 0 aliphatic heterocycles. The number of hydrogen-bond acceptors (Lipinski definition) is 4. The Balaban J connectivity index is 2.01. The van der Waals surface area contributed by atoms with Gasteiger partial charge < -0.3 is 5.32 Å². The second-order valence-electron chi connectivity index (χ2n) is 4.25. The van der Waals surface area contributed by atoms with Crippen molar-refractivity contribution in [3.8, 4) is 0 Å². The lowest BCUT2D eigenvalue weighted by Gasteiger charge is -2.04. The lowest BCUT2D eigenvalue weighted by molar-refractivity contribution is -0.115. The van der Waals surface area contributed by atoms with Crippen molar-refractivity contribution in [1.29, 1.82) is 0 Å². The summed E-state index contributed by atoms with van der Waals surface area (Å²) in [6.07, 6.45) is 0.307. The van der Waals surface area contributed by atoms with Crippen LogP contribution >= 0.6 is 11.3 Å². The van der Waals surface area contributed by atoms with E-state index in [1.54, 1.807) is 5.38 Å². The van der Waals surface area contributed by atoms with Gasteiger partial charge in [-0.3, -0.25) is 9.59 Å². The number of rotatable bonds is 4. The average Bonchev–Trinajstić information content (AvgIpc) is 2.80. The van der Waals surface area contributed by atoms with E-state index in [4.69, 9.17) is 0 Å². The van der Waals surface area contributed by atoms with Gasteiger partial charge in [0, 0.05) is 12.3 Å². The maximum Gasteiger partial charge on any atom is 0.230 e. The van der Waals surface area contributed by atoms with Crippen molar-refractivity contribution in [3.63, 3.8) is 0 Å². The first-order valence-electron chi connectivity index (χ1n) is 5.87. The van der Waals surface area contributed by atoms with E-state index in [1.807, 2.05) is 31.2 Å². The van der Waals surface area contributed by atoms with Crippen LogP contribution in [-0.4, -0.2) is 16.7 Å². The van der Waals surface area contributed by atoms with Crippen molar-refractivity contribution in [2.24, 2.45) is 0 Å². The highest BCUT2D eigenvalue weighted by Crippen LogP contribution is 2.16. The number of hydrogen-bond donors (Lipinski definition) is 1. The Morgan fingerprint density at radius 1 is 1.32 bits per heavy atom. The summed E-state index contributed by atoms with van der Waals surface area (Å²) < 4.78 is 0. The van der Waals surface area contributed by atoms with Gasteiger partial charge in [0.15, 0.2) is 10.9 Å². The predicted octanol–water partition coefficient (Wildman–Crippen LogP) is 2.84. The van der Waals surface area contributed by atoms with Crippen LogP contribution in [0.15, 0.2) is 29.6 Å². The molecule has 98 valence electrons. The van der Waals surface area contributed by atoms with Crippen molar-refractivity contribution in [1.82, 2.24) is 4.98 Å². The summed E-state index contributed by atoms with van der Waals surface area (Å²) in [6, 6.07) is 7.75. The Kier molecular flexibility index (Phi) is 4.06. The molecule has 0 fully saturated rings. The van der Waals surface area contributed by atoms with E-state index < -0.39 is 0 Å². The van der Waals surface area contributed by atoms with Crippen LogP contribution in [0, 0.1) is 6.92 Å². The molecule has 1 N–H and O–H groups in total. The molecule has 2 rings (SSSR count). The Morgan fingerprint density at radius 3 is 2.68 bits per heavy atom.